The van der Waals surface area contributed by atoms with E-state index in [1.807, 2.05) is 0 Å². The van der Waals surface area contributed by atoms with Crippen LogP contribution in [0.5, 0.6) is 5.75 Å². The predicted molar refractivity (Wildman–Crippen MR) is 73.6 cm³/mol. The summed E-state index contributed by atoms with van der Waals surface area (Å²) in [5.41, 5.74) is 0. The molecule has 1 aliphatic heterocycles. The van der Waals surface area contributed by atoms with Crippen LogP contribution in [0.4, 0.5) is 0 Å². The van der Waals surface area contributed by atoms with Gasteiger partial charge in [-0.25, -0.2) is 13.1 Å². The summed E-state index contributed by atoms with van der Waals surface area (Å²) in [6.07, 6.45) is 2.16. The summed E-state index contributed by atoms with van der Waals surface area (Å²) in [4.78, 5) is 2.48. The van der Waals surface area contributed by atoms with E-state index in [-0.39, 0.29) is 16.7 Å². The standard InChI is InChI=1S/C13H20N2O3S/c1-2-15-9-3-4-11(15)10-14-19(17,18)13-7-5-12(16)6-8-13/h5-8,11,14,16H,2-4,9-10H2,1H3. The van der Waals surface area contributed by atoms with Crippen molar-refractivity contribution in [3.05, 3.63) is 24.3 Å². The number of hydrogen-bond donors (Lipinski definition) is 2. The van der Waals surface area contributed by atoms with E-state index in [0.717, 1.165) is 25.9 Å². The van der Waals surface area contributed by atoms with Crippen molar-refractivity contribution >= 4 is 10.0 Å². The number of benzene rings is 1. The maximum Gasteiger partial charge on any atom is 0.240 e. The van der Waals surface area contributed by atoms with E-state index in [0.29, 0.717) is 6.54 Å². The van der Waals surface area contributed by atoms with Gasteiger partial charge in [-0.05, 0) is 50.2 Å². The van der Waals surface area contributed by atoms with Crippen molar-refractivity contribution in [2.45, 2.75) is 30.7 Å². The molecular formula is C13H20N2O3S. The number of nitrogens with zero attached hydrogens (tertiary/aromatic N) is 1. The lowest BCUT2D eigenvalue weighted by Crippen LogP contribution is -2.39. The van der Waals surface area contributed by atoms with Crippen LogP contribution >= 0.6 is 0 Å². The van der Waals surface area contributed by atoms with Crippen molar-refractivity contribution < 1.29 is 13.5 Å². The van der Waals surface area contributed by atoms with Crippen LogP contribution in [0.1, 0.15) is 19.8 Å². The Balaban J connectivity index is 2.00. The molecule has 5 nitrogen and oxygen atoms in total. The molecule has 0 amide bonds. The molecular weight excluding hydrogens is 264 g/mol. The zero-order valence-electron chi connectivity index (χ0n) is 11.0. The first-order valence-corrected chi connectivity index (χ1v) is 8.04. The Morgan fingerprint density at radius 3 is 2.68 bits per heavy atom. The lowest BCUT2D eigenvalue weighted by Gasteiger charge is -2.22. The van der Waals surface area contributed by atoms with Gasteiger partial charge in [0, 0.05) is 12.6 Å². The van der Waals surface area contributed by atoms with Crippen LogP contribution in [-0.2, 0) is 10.0 Å². The highest BCUT2D eigenvalue weighted by Gasteiger charge is 2.24. The molecule has 0 saturated carbocycles. The van der Waals surface area contributed by atoms with E-state index in [9.17, 15) is 8.42 Å². The molecule has 1 atom stereocenters. The van der Waals surface area contributed by atoms with Crippen LogP contribution in [0.3, 0.4) is 0 Å². The zero-order valence-corrected chi connectivity index (χ0v) is 11.9. The van der Waals surface area contributed by atoms with Gasteiger partial charge >= 0.3 is 0 Å². The molecule has 2 rings (SSSR count). The Morgan fingerprint density at radius 2 is 2.05 bits per heavy atom. The van der Waals surface area contributed by atoms with Crippen LogP contribution in [0.25, 0.3) is 0 Å². The molecule has 1 heterocycles. The number of rotatable bonds is 5. The number of phenols is 1. The molecule has 0 bridgehead atoms. The van der Waals surface area contributed by atoms with Gasteiger partial charge in [-0.2, -0.15) is 0 Å². The van der Waals surface area contributed by atoms with Gasteiger partial charge in [-0.1, -0.05) is 6.92 Å². The molecule has 19 heavy (non-hydrogen) atoms. The second kappa shape index (κ2) is 5.90. The first-order chi connectivity index (χ1) is 9.03. The number of hydrogen-bond acceptors (Lipinski definition) is 4. The average molecular weight is 284 g/mol. The van der Waals surface area contributed by atoms with E-state index in [1.165, 1.54) is 24.3 Å². The quantitative estimate of drug-likeness (QED) is 0.851. The van der Waals surface area contributed by atoms with Gasteiger partial charge in [0.2, 0.25) is 10.0 Å². The summed E-state index contributed by atoms with van der Waals surface area (Å²) < 4.78 is 26.8. The second-order valence-corrected chi connectivity index (χ2v) is 6.54. The molecule has 1 aromatic rings. The van der Waals surface area contributed by atoms with Crippen molar-refractivity contribution in [2.75, 3.05) is 19.6 Å². The van der Waals surface area contributed by atoms with E-state index >= 15 is 0 Å². The molecule has 1 fully saturated rings. The summed E-state index contributed by atoms with van der Waals surface area (Å²) in [5, 5.41) is 9.17. The van der Waals surface area contributed by atoms with Gasteiger partial charge in [0.05, 0.1) is 4.90 Å². The van der Waals surface area contributed by atoms with Crippen molar-refractivity contribution in [3.8, 4) is 5.75 Å². The van der Waals surface area contributed by atoms with Gasteiger partial charge in [0.25, 0.3) is 0 Å². The first-order valence-electron chi connectivity index (χ1n) is 6.55. The zero-order chi connectivity index (χ0) is 13.9. The maximum absolute atomic E-state index is 12.1. The predicted octanol–water partition coefficient (Wildman–Crippen LogP) is 1.15. The van der Waals surface area contributed by atoms with Crippen molar-refractivity contribution in [2.24, 2.45) is 0 Å². The minimum Gasteiger partial charge on any atom is -0.508 e. The highest BCUT2D eigenvalue weighted by Crippen LogP contribution is 2.17. The molecule has 1 unspecified atom stereocenters. The molecule has 6 heteroatoms. The number of likely N-dealkylation sites (N-methyl/N-ethyl adjacent to an activating group) is 1. The Kier molecular flexibility index (Phi) is 4.44. The smallest absolute Gasteiger partial charge is 0.240 e. The highest BCUT2D eigenvalue weighted by atomic mass is 32.2. The van der Waals surface area contributed by atoms with E-state index in [1.54, 1.807) is 0 Å². The lowest BCUT2D eigenvalue weighted by molar-refractivity contribution is 0.268. The van der Waals surface area contributed by atoms with Gasteiger partial charge in [-0.3, -0.25) is 4.90 Å². The third kappa shape index (κ3) is 3.46. The minimum absolute atomic E-state index is 0.0619. The van der Waals surface area contributed by atoms with Gasteiger partial charge in [0.1, 0.15) is 5.75 Å². The molecule has 0 aliphatic carbocycles. The number of likely N-dealkylation sites (tertiary alicyclic amines) is 1. The maximum atomic E-state index is 12.1. The Morgan fingerprint density at radius 1 is 1.37 bits per heavy atom. The number of nitrogens with one attached hydrogen (secondary N) is 1. The van der Waals surface area contributed by atoms with Crippen LogP contribution in [0.2, 0.25) is 0 Å². The molecule has 1 saturated heterocycles. The molecule has 0 spiro atoms. The first kappa shape index (κ1) is 14.3. The van der Waals surface area contributed by atoms with Crippen LogP contribution in [0.15, 0.2) is 29.2 Å². The lowest BCUT2D eigenvalue weighted by atomic mass is 10.2. The summed E-state index contributed by atoms with van der Waals surface area (Å²) in [5.74, 6) is 0.0619. The summed E-state index contributed by atoms with van der Waals surface area (Å²) >= 11 is 0. The minimum atomic E-state index is -3.48. The molecule has 0 aromatic heterocycles. The third-order valence-electron chi connectivity index (χ3n) is 3.56. The topological polar surface area (TPSA) is 69.6 Å². The highest BCUT2D eigenvalue weighted by molar-refractivity contribution is 7.89. The van der Waals surface area contributed by atoms with Crippen molar-refractivity contribution in [1.29, 1.82) is 0 Å². The number of aromatic hydroxyl groups is 1. The molecule has 2 N–H and O–H groups in total. The molecule has 1 aliphatic rings. The van der Waals surface area contributed by atoms with Crippen LogP contribution in [-0.4, -0.2) is 44.1 Å². The number of phenolic OH excluding ortho intramolecular Hbond substituents is 1. The third-order valence-corrected chi connectivity index (χ3v) is 5.00. The Hall–Kier alpha value is -1.11. The summed E-state index contributed by atoms with van der Waals surface area (Å²) in [6.45, 7) is 4.53. The van der Waals surface area contributed by atoms with Gasteiger partial charge in [0.15, 0.2) is 0 Å². The summed E-state index contributed by atoms with van der Waals surface area (Å²) in [6, 6.07) is 5.86. The SMILES string of the molecule is CCN1CCCC1CNS(=O)(=O)c1ccc(O)cc1. The van der Waals surface area contributed by atoms with E-state index in [2.05, 4.69) is 16.5 Å². The number of sulfonamides is 1. The fraction of sp³-hybridized carbons (Fsp3) is 0.538. The van der Waals surface area contributed by atoms with Crippen LogP contribution < -0.4 is 4.72 Å². The second-order valence-electron chi connectivity index (χ2n) is 4.77. The Bertz CT molecular complexity index is 513. The summed E-state index contributed by atoms with van der Waals surface area (Å²) in [7, 11) is -3.48. The Labute approximate surface area is 114 Å². The van der Waals surface area contributed by atoms with Crippen molar-refractivity contribution in [3.63, 3.8) is 0 Å². The fourth-order valence-corrected chi connectivity index (χ4v) is 3.53. The largest absolute Gasteiger partial charge is 0.508 e. The average Bonchev–Trinajstić information content (AvgIpc) is 2.84. The normalized spacial score (nSPS) is 20.8. The van der Waals surface area contributed by atoms with Gasteiger partial charge < -0.3 is 5.11 Å². The van der Waals surface area contributed by atoms with E-state index < -0.39 is 10.0 Å². The van der Waals surface area contributed by atoms with Crippen LogP contribution in [0, 0.1) is 0 Å². The van der Waals surface area contributed by atoms with Gasteiger partial charge in [-0.15, -0.1) is 0 Å². The molecule has 106 valence electrons. The fourth-order valence-electron chi connectivity index (χ4n) is 2.46. The van der Waals surface area contributed by atoms with E-state index in [4.69, 9.17) is 5.11 Å². The van der Waals surface area contributed by atoms with Crippen molar-refractivity contribution in [1.82, 2.24) is 9.62 Å². The molecule has 1 aromatic carbocycles. The molecule has 0 radical (unpaired) electrons. The monoisotopic (exact) mass is 284 g/mol.